The minimum atomic E-state index is -0.976. The van der Waals surface area contributed by atoms with Gasteiger partial charge in [0.25, 0.3) is 17.4 Å². The van der Waals surface area contributed by atoms with Gasteiger partial charge in [0.05, 0.1) is 37.5 Å². The van der Waals surface area contributed by atoms with E-state index in [4.69, 9.17) is 9.47 Å². The number of carbonyl (C=O) groups is 5. The summed E-state index contributed by atoms with van der Waals surface area (Å²) in [5.41, 5.74) is 5.67. The van der Waals surface area contributed by atoms with Gasteiger partial charge in [-0.1, -0.05) is 0 Å². The van der Waals surface area contributed by atoms with E-state index in [-0.39, 0.29) is 36.5 Å². The summed E-state index contributed by atoms with van der Waals surface area (Å²) in [5.74, 6) is 0.0605. The molecule has 0 bridgehead atoms. The number of aromatic nitrogens is 1. The summed E-state index contributed by atoms with van der Waals surface area (Å²) < 4.78 is 13.7. The molecule has 8 rings (SSSR count). The molecule has 0 aliphatic carbocycles. The average Bonchev–Trinajstić information content (AvgIpc) is 3.51. The summed E-state index contributed by atoms with van der Waals surface area (Å²) >= 11 is 0. The van der Waals surface area contributed by atoms with Crippen LogP contribution in [-0.2, 0) is 36.1 Å². The van der Waals surface area contributed by atoms with Gasteiger partial charge in [-0.25, -0.2) is 4.79 Å². The van der Waals surface area contributed by atoms with Crippen LogP contribution in [0.2, 0.25) is 0 Å². The van der Waals surface area contributed by atoms with Gasteiger partial charge in [-0.3, -0.25) is 39.1 Å². The minimum absolute atomic E-state index is 0.0904. The van der Waals surface area contributed by atoms with Crippen LogP contribution in [0.25, 0.3) is 11.1 Å². The Labute approximate surface area is 362 Å². The van der Waals surface area contributed by atoms with Gasteiger partial charge in [-0.15, -0.1) is 0 Å². The average molecular weight is 851 g/mol. The number of hydrogen-bond donors (Lipinski definition) is 2. The van der Waals surface area contributed by atoms with Crippen molar-refractivity contribution >= 4 is 35.3 Å². The van der Waals surface area contributed by atoms with Gasteiger partial charge in [0.1, 0.15) is 17.5 Å². The number of carbonyl (C=O) groups excluding carboxylic acids is 5. The van der Waals surface area contributed by atoms with Crippen LogP contribution in [0.15, 0.2) is 41.3 Å². The summed E-state index contributed by atoms with van der Waals surface area (Å²) in [5, 5.41) is 4.93. The fourth-order valence-electron chi connectivity index (χ4n) is 10.1. The van der Waals surface area contributed by atoms with Crippen molar-refractivity contribution in [3.8, 4) is 22.6 Å². The van der Waals surface area contributed by atoms with Crippen molar-refractivity contribution in [2.75, 3.05) is 72.0 Å². The van der Waals surface area contributed by atoms with Crippen LogP contribution in [-0.4, -0.2) is 132 Å². The Balaban J connectivity index is 0.871. The number of nitrogens with one attached hydrogen (secondary N) is 2. The lowest BCUT2D eigenvalue weighted by atomic mass is 9.91. The van der Waals surface area contributed by atoms with Gasteiger partial charge in [-0.2, -0.15) is 0 Å². The quantitative estimate of drug-likeness (QED) is 0.288. The second kappa shape index (κ2) is 17.2. The van der Waals surface area contributed by atoms with Gasteiger partial charge in [0, 0.05) is 94.9 Å². The Morgan fingerprint density at radius 2 is 1.56 bits per heavy atom. The molecular weight excluding hydrogens is 793 g/mol. The van der Waals surface area contributed by atoms with Crippen LogP contribution in [0.4, 0.5) is 10.5 Å². The number of piperazine rings is 1. The van der Waals surface area contributed by atoms with E-state index in [0.717, 1.165) is 103 Å². The highest BCUT2D eigenvalue weighted by Gasteiger charge is 2.45. The number of benzene rings is 2. The van der Waals surface area contributed by atoms with Crippen molar-refractivity contribution in [3.63, 3.8) is 0 Å². The molecule has 1 atom stereocenters. The first-order chi connectivity index (χ1) is 29.7. The van der Waals surface area contributed by atoms with Gasteiger partial charge in [0.2, 0.25) is 11.8 Å². The molecule has 62 heavy (non-hydrogen) atoms. The highest BCUT2D eigenvalue weighted by Crippen LogP contribution is 2.40. The zero-order chi connectivity index (χ0) is 44.0. The molecule has 0 saturated carbocycles. The molecule has 3 aromatic rings. The number of hydrogen-bond acceptors (Lipinski definition) is 11. The third kappa shape index (κ3) is 8.05. The molecule has 3 fully saturated rings. The number of ether oxygens (including phenoxy) is 2. The number of imide groups is 2. The third-order valence-electron chi connectivity index (χ3n) is 13.7. The minimum Gasteiger partial charge on any atom is -0.496 e. The van der Waals surface area contributed by atoms with E-state index in [1.54, 1.807) is 49.9 Å². The Morgan fingerprint density at radius 3 is 2.23 bits per heavy atom. The van der Waals surface area contributed by atoms with Gasteiger partial charge >= 0.3 is 6.03 Å². The van der Waals surface area contributed by atoms with Crippen LogP contribution < -0.4 is 30.6 Å². The molecule has 1 unspecified atom stereocenters. The number of nitrogens with zero attached hydrogens (tertiary/aromatic N) is 6. The number of urea groups is 1. The molecule has 2 N–H and O–H groups in total. The van der Waals surface area contributed by atoms with E-state index in [9.17, 15) is 28.8 Å². The Morgan fingerprint density at radius 1 is 0.855 bits per heavy atom. The molecular formula is C46H58N8O8. The lowest BCUT2D eigenvalue weighted by Gasteiger charge is -2.48. The number of fused-ring (bicyclic) bond motifs is 2. The molecule has 16 nitrogen and oxygen atoms in total. The molecule has 6 heterocycles. The largest absolute Gasteiger partial charge is 0.496 e. The molecule has 5 aliphatic heterocycles. The van der Waals surface area contributed by atoms with Crippen molar-refractivity contribution in [2.24, 2.45) is 13.0 Å². The number of aryl methyl sites for hydroxylation is 1. The van der Waals surface area contributed by atoms with Crippen molar-refractivity contribution in [2.45, 2.75) is 77.0 Å². The molecule has 6 amide bonds. The fourth-order valence-corrected chi connectivity index (χ4v) is 10.1. The smallest absolute Gasteiger partial charge is 0.317 e. The molecule has 16 heteroatoms. The Hall–Kier alpha value is -5.74. The normalized spacial score (nSPS) is 20.9. The summed E-state index contributed by atoms with van der Waals surface area (Å²) in [6.07, 6.45) is 5.83. The fraction of sp³-hybridized carbons (Fsp3) is 0.522. The second-order valence-corrected chi connectivity index (χ2v) is 17.9. The molecule has 3 saturated heterocycles. The maximum absolute atomic E-state index is 13.4. The number of rotatable bonds is 10. The Kier molecular flexibility index (Phi) is 11.9. The molecule has 1 aromatic heterocycles. The lowest BCUT2D eigenvalue weighted by Crippen LogP contribution is -2.58. The molecule has 330 valence electrons. The number of pyridine rings is 1. The topological polar surface area (TPSA) is 166 Å². The van der Waals surface area contributed by atoms with E-state index in [0.29, 0.717) is 42.1 Å². The highest BCUT2D eigenvalue weighted by atomic mass is 16.5. The van der Waals surface area contributed by atoms with Gasteiger partial charge in [-0.05, 0) is 99.9 Å². The summed E-state index contributed by atoms with van der Waals surface area (Å²) in [6, 6.07) is 8.28. The van der Waals surface area contributed by atoms with Crippen LogP contribution in [0.3, 0.4) is 0 Å². The van der Waals surface area contributed by atoms with Crippen LogP contribution in [0.5, 0.6) is 11.5 Å². The van der Waals surface area contributed by atoms with Crippen LogP contribution in [0, 0.1) is 5.92 Å². The van der Waals surface area contributed by atoms with Crippen LogP contribution >= 0.6 is 0 Å². The predicted molar refractivity (Wildman–Crippen MR) is 232 cm³/mol. The van der Waals surface area contributed by atoms with Crippen molar-refractivity contribution in [1.82, 2.24) is 34.8 Å². The van der Waals surface area contributed by atoms with E-state index < -0.39 is 29.7 Å². The number of anilines is 1. The first kappa shape index (κ1) is 42.9. The molecule has 0 spiro atoms. The zero-order valence-corrected chi connectivity index (χ0v) is 36.7. The lowest BCUT2D eigenvalue weighted by molar-refractivity contribution is -0.136. The SMILES string of the molecule is CNC(=O)N1CCc2c(-c3cc(OC)c(CN4CCN(CCC5CCN(c6ccc7c(c6)C(=O)N(C6CCC(=O)NC6=O)C7=O)CC5)CC4(C)C)c(OC)c3)cn(C)c(=O)c2C1. The van der Waals surface area contributed by atoms with Gasteiger partial charge in [0.15, 0.2) is 0 Å². The standard InChI is InChI=1S/C46H58N8O8/c1-46(2)27-50(15-11-28-12-16-51(17-13-28)30-7-8-32-33(23-30)44(59)54(43(32)58)37-9-10-40(55)48-41(37)56)19-20-53(46)26-36-38(61-5)21-29(22-39(36)62-6)34-24-49(4)42(57)35-25-52(45(60)47-3)18-14-31(34)35/h7-8,21-24,28,37H,9-20,25-27H2,1-6H3,(H,47,60)(H,48,55,56). The summed E-state index contributed by atoms with van der Waals surface area (Å²) in [4.78, 5) is 86.5. The van der Waals surface area contributed by atoms with Crippen molar-refractivity contribution < 1.29 is 33.4 Å². The number of methoxy groups -OCH3 is 2. The maximum atomic E-state index is 13.4. The molecule has 0 radical (unpaired) electrons. The Bertz CT molecular complexity index is 2340. The maximum Gasteiger partial charge on any atom is 0.317 e. The van der Waals surface area contributed by atoms with E-state index >= 15 is 0 Å². The van der Waals surface area contributed by atoms with Crippen molar-refractivity contribution in [1.29, 1.82) is 0 Å². The summed E-state index contributed by atoms with van der Waals surface area (Å²) in [6.45, 7) is 11.5. The van der Waals surface area contributed by atoms with E-state index in [1.807, 2.05) is 24.4 Å². The van der Waals surface area contributed by atoms with Crippen molar-refractivity contribution in [3.05, 3.63) is 74.7 Å². The number of piperidine rings is 2. The van der Waals surface area contributed by atoms with Crippen LogP contribution in [0.1, 0.15) is 83.4 Å². The monoisotopic (exact) mass is 850 g/mol. The first-order valence-electron chi connectivity index (χ1n) is 21.7. The highest BCUT2D eigenvalue weighted by molar-refractivity contribution is 6.23. The van der Waals surface area contributed by atoms with E-state index in [1.165, 1.54) is 0 Å². The predicted octanol–water partition coefficient (Wildman–Crippen LogP) is 3.37. The first-order valence-corrected chi connectivity index (χ1v) is 21.7. The van der Waals surface area contributed by atoms with Gasteiger partial charge < -0.3 is 34.1 Å². The summed E-state index contributed by atoms with van der Waals surface area (Å²) in [7, 11) is 6.70. The van der Waals surface area contributed by atoms with E-state index in [2.05, 4.69) is 39.2 Å². The second-order valence-electron chi connectivity index (χ2n) is 17.9. The zero-order valence-electron chi connectivity index (χ0n) is 36.7. The third-order valence-corrected chi connectivity index (χ3v) is 13.7. The molecule has 5 aliphatic rings. The molecule has 2 aromatic carbocycles. The number of amides is 6.